The van der Waals surface area contributed by atoms with E-state index >= 15 is 0 Å². The molecule has 28 heavy (non-hydrogen) atoms. The molecule has 4 aromatic rings. The summed E-state index contributed by atoms with van der Waals surface area (Å²) in [7, 11) is 0. The number of pyridine rings is 2. The normalized spacial score (nSPS) is 17.5. The number of imidazole rings is 1. The Kier molecular flexibility index (Phi) is 4.41. The minimum atomic E-state index is 0.360. The van der Waals surface area contributed by atoms with Crippen LogP contribution >= 0.6 is 0 Å². The van der Waals surface area contributed by atoms with E-state index in [-0.39, 0.29) is 0 Å². The third-order valence-electron chi connectivity index (χ3n) is 5.63. The van der Waals surface area contributed by atoms with E-state index < -0.39 is 0 Å². The van der Waals surface area contributed by atoms with Crippen LogP contribution in [-0.2, 0) is 13.1 Å². The van der Waals surface area contributed by atoms with Crippen LogP contribution in [0.5, 0.6) is 0 Å². The van der Waals surface area contributed by atoms with E-state index in [0.717, 1.165) is 37.2 Å². The molecule has 6 heteroatoms. The number of hydrogen-bond acceptors (Lipinski definition) is 4. The van der Waals surface area contributed by atoms with Gasteiger partial charge in [0, 0.05) is 49.0 Å². The van der Waals surface area contributed by atoms with Crippen LogP contribution in [0.3, 0.4) is 0 Å². The van der Waals surface area contributed by atoms with Crippen molar-refractivity contribution < 1.29 is 0 Å². The number of nitrogens with zero attached hydrogens (tertiary/aromatic N) is 6. The molecule has 4 aromatic heterocycles. The molecular formula is C22H24N6. The molecule has 1 saturated heterocycles. The van der Waals surface area contributed by atoms with E-state index in [9.17, 15) is 0 Å². The van der Waals surface area contributed by atoms with Crippen LogP contribution < -0.4 is 0 Å². The van der Waals surface area contributed by atoms with Crippen LogP contribution in [0.4, 0.5) is 0 Å². The van der Waals surface area contributed by atoms with Crippen LogP contribution in [0.25, 0.3) is 16.6 Å². The van der Waals surface area contributed by atoms with Gasteiger partial charge in [0.15, 0.2) is 0 Å². The molecule has 1 aliphatic heterocycles. The van der Waals surface area contributed by atoms with E-state index in [1.807, 2.05) is 29.5 Å². The molecule has 0 spiro atoms. The van der Waals surface area contributed by atoms with Gasteiger partial charge in [0.2, 0.25) is 0 Å². The van der Waals surface area contributed by atoms with Crippen molar-refractivity contribution in [1.29, 1.82) is 0 Å². The number of likely N-dealkylation sites (tertiary alicyclic amines) is 1. The molecule has 1 atom stereocenters. The lowest BCUT2D eigenvalue weighted by Gasteiger charge is -2.22. The predicted molar refractivity (Wildman–Crippen MR) is 109 cm³/mol. The van der Waals surface area contributed by atoms with Gasteiger partial charge in [-0.05, 0) is 44.0 Å². The Labute approximate surface area is 164 Å². The molecule has 0 N–H and O–H groups in total. The highest BCUT2D eigenvalue weighted by Crippen LogP contribution is 2.35. The predicted octanol–water partition coefficient (Wildman–Crippen LogP) is 3.95. The van der Waals surface area contributed by atoms with Gasteiger partial charge in [0.05, 0.1) is 29.8 Å². The summed E-state index contributed by atoms with van der Waals surface area (Å²) in [5, 5.41) is 4.42. The molecule has 6 nitrogen and oxygen atoms in total. The maximum Gasteiger partial charge on any atom is 0.0996 e. The molecule has 0 aliphatic carbocycles. The average Bonchev–Trinajstić information content (AvgIpc) is 3.48. The lowest BCUT2D eigenvalue weighted by atomic mass is 10.1. The van der Waals surface area contributed by atoms with Crippen molar-refractivity contribution in [1.82, 2.24) is 29.0 Å². The van der Waals surface area contributed by atoms with Gasteiger partial charge in [-0.2, -0.15) is 5.10 Å². The third kappa shape index (κ3) is 3.10. The first-order valence-electron chi connectivity index (χ1n) is 9.94. The second-order valence-electron chi connectivity index (χ2n) is 7.41. The molecule has 0 bridgehead atoms. The summed E-state index contributed by atoms with van der Waals surface area (Å²) in [5.41, 5.74) is 5.91. The summed E-state index contributed by atoms with van der Waals surface area (Å²) in [4.78, 5) is 11.6. The van der Waals surface area contributed by atoms with Crippen LogP contribution in [-0.4, -0.2) is 35.6 Å². The number of rotatable bonds is 5. The highest BCUT2D eigenvalue weighted by molar-refractivity contribution is 5.66. The molecule has 5 rings (SSSR count). The van der Waals surface area contributed by atoms with Gasteiger partial charge in [0.25, 0.3) is 0 Å². The summed E-state index contributed by atoms with van der Waals surface area (Å²) < 4.78 is 4.13. The summed E-state index contributed by atoms with van der Waals surface area (Å²) >= 11 is 0. The first kappa shape index (κ1) is 17.1. The zero-order valence-corrected chi connectivity index (χ0v) is 16.1. The van der Waals surface area contributed by atoms with Gasteiger partial charge in [0.1, 0.15) is 0 Å². The van der Waals surface area contributed by atoms with Crippen molar-refractivity contribution in [2.75, 3.05) is 6.54 Å². The maximum atomic E-state index is 4.81. The Morgan fingerprint density at radius 1 is 1.11 bits per heavy atom. The van der Waals surface area contributed by atoms with Gasteiger partial charge in [-0.3, -0.25) is 14.6 Å². The van der Waals surface area contributed by atoms with E-state index in [2.05, 4.69) is 56.9 Å². The minimum Gasteiger partial charge on any atom is -0.305 e. The zero-order chi connectivity index (χ0) is 18.9. The molecular weight excluding hydrogens is 348 g/mol. The summed E-state index contributed by atoms with van der Waals surface area (Å²) in [6.07, 6.45) is 14.3. The summed E-state index contributed by atoms with van der Waals surface area (Å²) in [6.45, 7) is 5.06. The Bertz CT molecular complexity index is 1080. The SMILES string of the molecule is CCn1cc(CN2CCCC2c2ncn3cc(-c4cccnc4)ccc23)cn1. The van der Waals surface area contributed by atoms with E-state index in [0.29, 0.717) is 6.04 Å². The molecule has 1 unspecified atom stereocenters. The third-order valence-corrected chi connectivity index (χ3v) is 5.63. The van der Waals surface area contributed by atoms with Gasteiger partial charge >= 0.3 is 0 Å². The Morgan fingerprint density at radius 3 is 2.89 bits per heavy atom. The number of aryl methyl sites for hydroxylation is 1. The first-order valence-corrected chi connectivity index (χ1v) is 9.94. The van der Waals surface area contributed by atoms with E-state index in [1.165, 1.54) is 23.2 Å². The maximum absolute atomic E-state index is 4.81. The minimum absolute atomic E-state index is 0.360. The molecule has 0 radical (unpaired) electrons. The van der Waals surface area contributed by atoms with Crippen molar-refractivity contribution in [2.24, 2.45) is 0 Å². The Hall–Kier alpha value is -2.99. The molecule has 0 aromatic carbocycles. The van der Waals surface area contributed by atoms with E-state index in [4.69, 9.17) is 4.98 Å². The number of fused-ring (bicyclic) bond motifs is 1. The topological polar surface area (TPSA) is 51.2 Å². The molecule has 142 valence electrons. The van der Waals surface area contributed by atoms with Gasteiger partial charge in [-0.15, -0.1) is 0 Å². The van der Waals surface area contributed by atoms with Crippen LogP contribution in [0, 0.1) is 0 Å². The van der Waals surface area contributed by atoms with E-state index in [1.54, 1.807) is 6.20 Å². The van der Waals surface area contributed by atoms with Crippen molar-refractivity contribution >= 4 is 5.52 Å². The standard InChI is InChI=1S/C22H24N6/c1-2-28-14-17(11-25-28)13-26-10-4-6-20(26)22-21-8-7-19(15-27(21)16-24-22)18-5-3-9-23-12-18/h3,5,7-9,11-12,14-16,20H,2,4,6,10,13H2,1H3. The highest BCUT2D eigenvalue weighted by atomic mass is 15.3. The number of aromatic nitrogens is 5. The fourth-order valence-electron chi connectivity index (χ4n) is 4.20. The van der Waals surface area contributed by atoms with Gasteiger partial charge in [-0.25, -0.2) is 4.98 Å². The van der Waals surface area contributed by atoms with Crippen molar-refractivity contribution in [3.05, 3.63) is 72.8 Å². The lowest BCUT2D eigenvalue weighted by Crippen LogP contribution is -2.23. The van der Waals surface area contributed by atoms with Crippen molar-refractivity contribution in [3.8, 4) is 11.1 Å². The number of hydrogen-bond donors (Lipinski definition) is 0. The van der Waals surface area contributed by atoms with Crippen LogP contribution in [0.15, 0.2) is 61.6 Å². The smallest absolute Gasteiger partial charge is 0.0996 e. The van der Waals surface area contributed by atoms with Gasteiger partial charge < -0.3 is 4.40 Å². The Morgan fingerprint density at radius 2 is 2.07 bits per heavy atom. The second-order valence-corrected chi connectivity index (χ2v) is 7.41. The largest absolute Gasteiger partial charge is 0.305 e. The monoisotopic (exact) mass is 372 g/mol. The fraction of sp³-hybridized carbons (Fsp3) is 0.318. The molecule has 0 saturated carbocycles. The molecule has 5 heterocycles. The molecule has 0 amide bonds. The highest BCUT2D eigenvalue weighted by Gasteiger charge is 2.29. The van der Waals surface area contributed by atoms with Crippen molar-refractivity contribution in [3.63, 3.8) is 0 Å². The summed E-state index contributed by atoms with van der Waals surface area (Å²) in [5.74, 6) is 0. The molecule has 1 fully saturated rings. The zero-order valence-electron chi connectivity index (χ0n) is 16.1. The Balaban J connectivity index is 1.43. The second kappa shape index (κ2) is 7.20. The van der Waals surface area contributed by atoms with Gasteiger partial charge in [-0.1, -0.05) is 12.1 Å². The lowest BCUT2D eigenvalue weighted by molar-refractivity contribution is 0.246. The summed E-state index contributed by atoms with van der Waals surface area (Å²) in [6, 6.07) is 8.77. The fourth-order valence-corrected chi connectivity index (χ4v) is 4.20. The molecule has 1 aliphatic rings. The van der Waals surface area contributed by atoms with Crippen LogP contribution in [0.2, 0.25) is 0 Å². The first-order chi connectivity index (χ1) is 13.8. The quantitative estimate of drug-likeness (QED) is 0.532. The average molecular weight is 372 g/mol. The van der Waals surface area contributed by atoms with Crippen molar-refractivity contribution in [2.45, 2.75) is 38.9 Å². The van der Waals surface area contributed by atoms with Crippen LogP contribution in [0.1, 0.15) is 37.1 Å².